The summed E-state index contributed by atoms with van der Waals surface area (Å²) >= 11 is 1.90. The molecule has 2 N–H and O–H groups in total. The van der Waals surface area contributed by atoms with Gasteiger partial charge in [0, 0.05) is 35.5 Å². The average molecular weight is 442 g/mol. The Morgan fingerprint density at radius 2 is 1.76 bits per heavy atom. The third-order valence-corrected chi connectivity index (χ3v) is 8.30. The van der Waals surface area contributed by atoms with E-state index in [1.807, 2.05) is 49.9 Å². The molecule has 2 fully saturated rings. The molecule has 1 aliphatic carbocycles. The molecule has 162 valence electrons. The van der Waals surface area contributed by atoms with Crippen LogP contribution in [0, 0.1) is 0 Å². The van der Waals surface area contributed by atoms with Crippen LogP contribution in [0.2, 0.25) is 0 Å². The van der Waals surface area contributed by atoms with Crippen molar-refractivity contribution in [3.05, 3.63) is 24.3 Å². The van der Waals surface area contributed by atoms with Crippen LogP contribution in [-0.4, -0.2) is 61.6 Å². The lowest BCUT2D eigenvalue weighted by Gasteiger charge is -2.34. The summed E-state index contributed by atoms with van der Waals surface area (Å²) in [4.78, 5) is 13.3. The van der Waals surface area contributed by atoms with Crippen molar-refractivity contribution >= 4 is 33.5 Å². The molecule has 1 aromatic rings. The maximum absolute atomic E-state index is 12.5. The number of hydrogen-bond acceptors (Lipinski definition) is 5. The molecule has 0 spiro atoms. The van der Waals surface area contributed by atoms with E-state index in [9.17, 15) is 13.2 Å². The number of sulfonamides is 1. The predicted molar refractivity (Wildman–Crippen MR) is 117 cm³/mol. The van der Waals surface area contributed by atoms with E-state index in [1.54, 1.807) is 0 Å². The number of nitrogens with zero attached hydrogens (tertiary/aromatic N) is 1. The minimum absolute atomic E-state index is 0.0594. The molecule has 0 radical (unpaired) electrons. The van der Waals surface area contributed by atoms with E-state index in [0.717, 1.165) is 0 Å². The lowest BCUT2D eigenvalue weighted by atomic mass is 10.3. The third-order valence-electron chi connectivity index (χ3n) is 5.14. The highest BCUT2D eigenvalue weighted by Crippen LogP contribution is 2.34. The van der Waals surface area contributed by atoms with Gasteiger partial charge in [-0.15, -0.1) is 11.8 Å². The number of urea groups is 1. The normalized spacial score (nSPS) is 23.8. The Morgan fingerprint density at radius 3 is 2.38 bits per heavy atom. The van der Waals surface area contributed by atoms with Gasteiger partial charge in [-0.2, -0.15) is 4.31 Å². The Balaban J connectivity index is 1.41. The summed E-state index contributed by atoms with van der Waals surface area (Å²) in [6, 6.07) is 7.39. The van der Waals surface area contributed by atoms with Crippen LogP contribution >= 0.6 is 11.8 Å². The lowest BCUT2D eigenvalue weighted by molar-refractivity contribution is -0.0440. The first kappa shape index (κ1) is 22.4. The highest BCUT2D eigenvalue weighted by Gasteiger charge is 2.30. The first-order valence-electron chi connectivity index (χ1n) is 10.3. The molecule has 2 amide bonds. The molecule has 3 rings (SSSR count). The molecular weight excluding hydrogens is 410 g/mol. The molecule has 1 saturated carbocycles. The van der Waals surface area contributed by atoms with Crippen molar-refractivity contribution in [1.29, 1.82) is 0 Å². The van der Waals surface area contributed by atoms with Gasteiger partial charge >= 0.3 is 6.03 Å². The lowest BCUT2D eigenvalue weighted by Crippen LogP contribution is -2.49. The Morgan fingerprint density at radius 1 is 1.14 bits per heavy atom. The van der Waals surface area contributed by atoms with Crippen molar-refractivity contribution in [1.82, 2.24) is 9.62 Å². The van der Waals surface area contributed by atoms with Gasteiger partial charge in [0.15, 0.2) is 0 Å². The van der Waals surface area contributed by atoms with E-state index in [4.69, 9.17) is 4.74 Å². The van der Waals surface area contributed by atoms with Gasteiger partial charge in [-0.1, -0.05) is 12.8 Å². The molecule has 29 heavy (non-hydrogen) atoms. The second-order valence-electron chi connectivity index (χ2n) is 7.82. The van der Waals surface area contributed by atoms with Gasteiger partial charge in [-0.3, -0.25) is 0 Å². The summed E-state index contributed by atoms with van der Waals surface area (Å²) in [6.07, 6.45) is 4.93. The first-order chi connectivity index (χ1) is 13.8. The Labute approximate surface area is 178 Å². The van der Waals surface area contributed by atoms with Gasteiger partial charge in [-0.05, 0) is 51.0 Å². The third kappa shape index (κ3) is 6.87. The van der Waals surface area contributed by atoms with Crippen LogP contribution in [0.3, 0.4) is 0 Å². The smallest absolute Gasteiger partial charge is 0.319 e. The monoisotopic (exact) mass is 441 g/mol. The number of carbonyl (C=O) groups excluding carboxylic acids is 1. The van der Waals surface area contributed by atoms with Crippen LogP contribution in [-0.2, 0) is 14.8 Å². The van der Waals surface area contributed by atoms with E-state index in [-0.39, 0.29) is 24.5 Å². The van der Waals surface area contributed by atoms with Crippen molar-refractivity contribution in [2.45, 2.75) is 61.9 Å². The van der Waals surface area contributed by atoms with Crippen LogP contribution in [0.1, 0.15) is 39.5 Å². The number of morpholine rings is 1. The Kier molecular flexibility index (Phi) is 7.84. The summed E-state index contributed by atoms with van der Waals surface area (Å²) in [5.74, 6) is -0.128. The molecule has 0 aromatic heterocycles. The summed E-state index contributed by atoms with van der Waals surface area (Å²) in [5, 5.41) is 6.09. The molecule has 0 bridgehead atoms. The largest absolute Gasteiger partial charge is 0.373 e. The fourth-order valence-electron chi connectivity index (χ4n) is 3.77. The summed E-state index contributed by atoms with van der Waals surface area (Å²) in [7, 11) is -3.43. The zero-order chi connectivity index (χ0) is 20.9. The van der Waals surface area contributed by atoms with Crippen LogP contribution < -0.4 is 10.6 Å². The summed E-state index contributed by atoms with van der Waals surface area (Å²) in [5.41, 5.74) is 0.692. The number of rotatable bonds is 7. The van der Waals surface area contributed by atoms with Gasteiger partial charge < -0.3 is 15.4 Å². The van der Waals surface area contributed by atoms with Crippen molar-refractivity contribution in [2.75, 3.05) is 30.7 Å². The van der Waals surface area contributed by atoms with Crippen LogP contribution in [0.5, 0.6) is 0 Å². The summed E-state index contributed by atoms with van der Waals surface area (Å²) in [6.45, 7) is 4.49. The second kappa shape index (κ2) is 10.1. The Hall–Kier alpha value is -1.29. The fraction of sp³-hybridized carbons (Fsp3) is 0.650. The maximum atomic E-state index is 12.5. The first-order valence-corrected chi connectivity index (χ1v) is 12.8. The van der Waals surface area contributed by atoms with Gasteiger partial charge in [0.1, 0.15) is 0 Å². The number of thioether (sulfide) groups is 1. The molecule has 1 heterocycles. The molecule has 1 aliphatic heterocycles. The number of carbonyl (C=O) groups is 1. The van der Waals surface area contributed by atoms with Crippen LogP contribution in [0.25, 0.3) is 0 Å². The van der Waals surface area contributed by atoms with Crippen molar-refractivity contribution < 1.29 is 17.9 Å². The van der Waals surface area contributed by atoms with E-state index < -0.39 is 16.1 Å². The molecule has 1 aromatic carbocycles. The number of amides is 2. The van der Waals surface area contributed by atoms with Crippen molar-refractivity contribution in [3.8, 4) is 0 Å². The average Bonchev–Trinajstić information content (AvgIpc) is 3.15. The van der Waals surface area contributed by atoms with E-state index >= 15 is 0 Å². The molecule has 0 unspecified atom stereocenters. The highest BCUT2D eigenvalue weighted by molar-refractivity contribution is 8.00. The zero-order valence-electron chi connectivity index (χ0n) is 17.1. The summed E-state index contributed by atoms with van der Waals surface area (Å²) < 4.78 is 32.0. The predicted octanol–water partition coefficient (Wildman–Crippen LogP) is 3.28. The minimum atomic E-state index is -3.43. The molecule has 7 nitrogen and oxygen atoms in total. The number of nitrogens with one attached hydrogen (secondary N) is 2. The van der Waals surface area contributed by atoms with Crippen molar-refractivity contribution in [2.24, 2.45) is 0 Å². The molecule has 2 atom stereocenters. The molecule has 1 saturated heterocycles. The number of benzene rings is 1. The number of hydrogen-bond donors (Lipinski definition) is 2. The SMILES string of the molecule is C[C@H]1CN(S(=O)(=O)CCNC(=O)Nc2ccc(SC3CCCC3)cc2)C[C@H](C)O1. The van der Waals surface area contributed by atoms with Gasteiger partial charge in [0.2, 0.25) is 10.0 Å². The number of anilines is 1. The topological polar surface area (TPSA) is 87.7 Å². The van der Waals surface area contributed by atoms with Gasteiger partial charge in [0.05, 0.1) is 18.0 Å². The van der Waals surface area contributed by atoms with Crippen molar-refractivity contribution in [3.63, 3.8) is 0 Å². The molecule has 9 heteroatoms. The fourth-order valence-corrected chi connectivity index (χ4v) is 6.51. The van der Waals surface area contributed by atoms with E-state index in [2.05, 4.69) is 10.6 Å². The maximum Gasteiger partial charge on any atom is 0.319 e. The molecule has 2 aliphatic rings. The highest BCUT2D eigenvalue weighted by atomic mass is 32.2. The number of ether oxygens (including phenoxy) is 1. The quantitative estimate of drug-likeness (QED) is 0.678. The van der Waals surface area contributed by atoms with Crippen LogP contribution in [0.4, 0.5) is 10.5 Å². The van der Waals surface area contributed by atoms with E-state index in [1.165, 1.54) is 34.9 Å². The van der Waals surface area contributed by atoms with Gasteiger partial charge in [-0.25, -0.2) is 13.2 Å². The van der Waals surface area contributed by atoms with Gasteiger partial charge in [0.25, 0.3) is 0 Å². The Bertz CT molecular complexity index is 769. The minimum Gasteiger partial charge on any atom is -0.373 e. The second-order valence-corrected chi connectivity index (χ2v) is 11.3. The standard InChI is InChI=1S/C20H31N3O4S2/c1-15-13-23(14-16(2)27-15)29(25,26)12-11-21-20(24)22-17-7-9-19(10-8-17)28-18-5-3-4-6-18/h7-10,15-16,18H,3-6,11-14H2,1-2H3,(H2,21,22,24)/t15-,16-/m0/s1. The zero-order valence-corrected chi connectivity index (χ0v) is 18.7. The van der Waals surface area contributed by atoms with Crippen LogP contribution in [0.15, 0.2) is 29.2 Å². The molecular formula is C20H31N3O4S2. The van der Waals surface area contributed by atoms with E-state index in [0.29, 0.717) is 24.0 Å².